The van der Waals surface area contributed by atoms with Crippen LogP contribution in [0.1, 0.15) is 23.5 Å². The minimum Gasteiger partial charge on any atom is -0.480 e. The molecule has 3 heterocycles. The first kappa shape index (κ1) is 29.0. The highest BCUT2D eigenvalue weighted by Crippen LogP contribution is 2.38. The molecule has 1 saturated heterocycles. The number of aliphatic imine (C=N–C) groups is 1. The molecule has 2 aliphatic rings. The highest BCUT2D eigenvalue weighted by molar-refractivity contribution is 7.11. The number of ether oxygens (including phenoxy) is 1. The van der Waals surface area contributed by atoms with E-state index in [0.717, 1.165) is 6.07 Å². The molecule has 0 spiro atoms. The first-order chi connectivity index (χ1) is 18.5. The second kappa shape index (κ2) is 12.0. The zero-order valence-corrected chi connectivity index (χ0v) is 22.7. The van der Waals surface area contributed by atoms with Crippen molar-refractivity contribution in [2.75, 3.05) is 46.4 Å². The van der Waals surface area contributed by atoms with Crippen LogP contribution in [0.5, 0.6) is 0 Å². The number of hydrogen-bond acceptors (Lipinski definition) is 9. The van der Waals surface area contributed by atoms with Crippen LogP contribution in [-0.2, 0) is 14.3 Å². The van der Waals surface area contributed by atoms with Crippen LogP contribution in [0.3, 0.4) is 0 Å². The molecule has 2 aliphatic heterocycles. The fourth-order valence-electron chi connectivity index (χ4n) is 4.71. The molecule has 0 aliphatic carbocycles. The quantitative estimate of drug-likeness (QED) is 0.409. The van der Waals surface area contributed by atoms with E-state index < -0.39 is 42.2 Å². The van der Waals surface area contributed by atoms with Crippen LogP contribution in [0, 0.1) is 11.7 Å². The van der Waals surface area contributed by atoms with Crippen LogP contribution < -0.4 is 5.32 Å². The van der Waals surface area contributed by atoms with Crippen LogP contribution in [0.2, 0.25) is 5.02 Å². The molecule has 39 heavy (non-hydrogen) atoms. The Balaban J connectivity index is 1.71. The molecule has 2 unspecified atom stereocenters. The molecule has 14 heteroatoms. The Morgan fingerprint density at radius 1 is 1.38 bits per heavy atom. The summed E-state index contributed by atoms with van der Waals surface area (Å²) >= 11 is 7.65. The van der Waals surface area contributed by atoms with Crippen LogP contribution in [0.15, 0.2) is 46.0 Å². The van der Waals surface area contributed by atoms with E-state index in [9.17, 15) is 22.8 Å². The molecule has 4 rings (SSSR count). The molecule has 2 aromatic rings. The normalized spacial score (nSPS) is 21.2. The number of likely N-dealkylation sites (tertiary alicyclic amines) is 1. The first-order valence-electron chi connectivity index (χ1n) is 12.1. The zero-order valence-electron chi connectivity index (χ0n) is 21.2. The van der Waals surface area contributed by atoms with E-state index in [2.05, 4.69) is 15.3 Å². The monoisotopic (exact) mass is 585 g/mol. The lowest BCUT2D eigenvalue weighted by Crippen LogP contribution is -2.39. The average molecular weight is 586 g/mol. The highest BCUT2D eigenvalue weighted by Gasteiger charge is 2.49. The van der Waals surface area contributed by atoms with Gasteiger partial charge in [0.25, 0.3) is 5.92 Å². The summed E-state index contributed by atoms with van der Waals surface area (Å²) in [5.41, 5.74) is 0.698. The molecule has 210 valence electrons. The van der Waals surface area contributed by atoms with Gasteiger partial charge in [-0.2, -0.15) is 0 Å². The molecule has 2 atom stereocenters. The number of carboxylic acid groups (broad SMARTS) is 1. The van der Waals surface area contributed by atoms with E-state index in [0.29, 0.717) is 16.4 Å². The van der Waals surface area contributed by atoms with Gasteiger partial charge >= 0.3 is 11.9 Å². The number of carboxylic acids is 1. The minimum absolute atomic E-state index is 0.0378. The Hall–Kier alpha value is -3.00. The maximum Gasteiger partial charge on any atom is 0.338 e. The summed E-state index contributed by atoms with van der Waals surface area (Å²) in [6.45, 7) is 0.505. The van der Waals surface area contributed by atoms with Gasteiger partial charge in [-0.15, -0.1) is 11.3 Å². The molecule has 1 aromatic heterocycles. The molecule has 1 fully saturated rings. The number of hydrogen-bond donors (Lipinski definition) is 2. The van der Waals surface area contributed by atoms with Gasteiger partial charge in [-0.05, 0) is 26.1 Å². The predicted octanol–water partition coefficient (Wildman–Crippen LogP) is 3.43. The summed E-state index contributed by atoms with van der Waals surface area (Å²) in [5, 5.41) is 14.4. The zero-order chi connectivity index (χ0) is 28.3. The van der Waals surface area contributed by atoms with Gasteiger partial charge in [0.15, 0.2) is 10.8 Å². The van der Waals surface area contributed by atoms with Gasteiger partial charge in [0.1, 0.15) is 11.9 Å². The third-order valence-corrected chi connectivity index (χ3v) is 7.45. The first-order valence-corrected chi connectivity index (χ1v) is 13.3. The Kier molecular flexibility index (Phi) is 8.94. The average Bonchev–Trinajstić information content (AvgIpc) is 3.46. The van der Waals surface area contributed by atoms with Crippen LogP contribution >= 0.6 is 22.9 Å². The van der Waals surface area contributed by atoms with E-state index in [1.54, 1.807) is 18.5 Å². The summed E-state index contributed by atoms with van der Waals surface area (Å²) < 4.78 is 49.1. The Bertz CT molecular complexity index is 1290. The second-order valence-electron chi connectivity index (χ2n) is 9.34. The fourth-order valence-corrected chi connectivity index (χ4v) is 5.57. The molecule has 9 nitrogen and oxygen atoms in total. The maximum atomic E-state index is 15.0. The number of carbonyl (C=O) groups excluding carboxylic acids is 1. The lowest BCUT2D eigenvalue weighted by atomic mass is 9.95. The number of rotatable bonds is 10. The summed E-state index contributed by atoms with van der Waals surface area (Å²) in [6, 6.07) is 2.72. The van der Waals surface area contributed by atoms with Crippen molar-refractivity contribution in [3.05, 3.63) is 62.5 Å². The SMILES string of the molecule is CCOC(=O)C1=C(CN2CC(CN(C)CC(=O)O)C(F)(F)C2)NC(c2nccs2)=NC1c1ccc(F)cc1Cl. The van der Waals surface area contributed by atoms with Gasteiger partial charge in [-0.1, -0.05) is 17.7 Å². The van der Waals surface area contributed by atoms with Crippen molar-refractivity contribution in [1.29, 1.82) is 0 Å². The Labute approximate surface area is 231 Å². The number of carbonyl (C=O) groups is 2. The van der Waals surface area contributed by atoms with Gasteiger partial charge in [0.05, 0.1) is 25.3 Å². The number of amidine groups is 1. The third kappa shape index (κ3) is 6.78. The molecule has 2 N–H and O–H groups in total. The second-order valence-corrected chi connectivity index (χ2v) is 10.6. The summed E-state index contributed by atoms with van der Waals surface area (Å²) in [5.74, 6) is -6.28. The van der Waals surface area contributed by atoms with Crippen molar-refractivity contribution < 1.29 is 32.6 Å². The maximum absolute atomic E-state index is 15.0. The molecule has 0 amide bonds. The van der Waals surface area contributed by atoms with E-state index in [1.807, 2.05) is 0 Å². The number of aliphatic carboxylic acids is 1. The van der Waals surface area contributed by atoms with Crippen LogP contribution in [-0.4, -0.2) is 90.0 Å². The number of nitrogens with one attached hydrogen (secondary N) is 1. The highest BCUT2D eigenvalue weighted by atomic mass is 35.5. The minimum atomic E-state index is -3.09. The smallest absolute Gasteiger partial charge is 0.338 e. The van der Waals surface area contributed by atoms with Gasteiger partial charge < -0.3 is 15.2 Å². The fraction of sp³-hybridized carbons (Fsp3) is 0.440. The Morgan fingerprint density at radius 3 is 2.79 bits per heavy atom. The number of nitrogens with zero attached hydrogens (tertiary/aromatic N) is 4. The van der Waals surface area contributed by atoms with E-state index in [1.165, 1.54) is 40.3 Å². The number of halogens is 4. The Morgan fingerprint density at radius 2 is 2.15 bits per heavy atom. The van der Waals surface area contributed by atoms with Crippen LogP contribution in [0.4, 0.5) is 13.2 Å². The van der Waals surface area contributed by atoms with Crippen molar-refractivity contribution >= 4 is 40.7 Å². The van der Waals surface area contributed by atoms with E-state index in [-0.39, 0.29) is 49.1 Å². The van der Waals surface area contributed by atoms with Crippen molar-refractivity contribution in [2.24, 2.45) is 10.9 Å². The molecular formula is C25H27ClF3N5O4S. The molecule has 0 radical (unpaired) electrons. The van der Waals surface area contributed by atoms with E-state index in [4.69, 9.17) is 21.4 Å². The van der Waals surface area contributed by atoms with Gasteiger partial charge in [0.2, 0.25) is 0 Å². The molecular weight excluding hydrogens is 559 g/mol. The number of benzene rings is 1. The number of aromatic nitrogens is 1. The lowest BCUT2D eigenvalue weighted by Gasteiger charge is -2.29. The van der Waals surface area contributed by atoms with E-state index >= 15 is 0 Å². The third-order valence-electron chi connectivity index (χ3n) is 6.34. The van der Waals surface area contributed by atoms with Gasteiger partial charge in [-0.25, -0.2) is 22.9 Å². The van der Waals surface area contributed by atoms with Crippen molar-refractivity contribution in [3.63, 3.8) is 0 Å². The van der Waals surface area contributed by atoms with Gasteiger partial charge in [-0.3, -0.25) is 19.6 Å². The molecule has 1 aromatic carbocycles. The standard InChI is InChI=1S/C25H27ClF3N5O4S/c1-3-38-24(37)20-18(11-34-10-14(25(28,29)13-34)9-33(2)12-19(35)36)31-22(23-30-6-7-39-23)32-21(20)16-5-4-15(27)8-17(16)26/h4-8,14,21H,3,9-13H2,1-2H3,(H,31,32)(H,35,36). The largest absolute Gasteiger partial charge is 0.480 e. The van der Waals surface area contributed by atoms with Crippen LogP contribution in [0.25, 0.3) is 0 Å². The number of esters is 1. The van der Waals surface area contributed by atoms with Gasteiger partial charge in [0, 0.05) is 53.4 Å². The summed E-state index contributed by atoms with van der Waals surface area (Å²) in [6.07, 6.45) is 1.58. The lowest BCUT2D eigenvalue weighted by molar-refractivity contribution is -0.139. The predicted molar refractivity (Wildman–Crippen MR) is 140 cm³/mol. The number of thiazole rings is 1. The van der Waals surface area contributed by atoms with Crippen molar-refractivity contribution in [1.82, 2.24) is 20.1 Å². The summed E-state index contributed by atoms with van der Waals surface area (Å²) in [7, 11) is 1.48. The number of alkyl halides is 2. The molecule has 0 bridgehead atoms. The topological polar surface area (TPSA) is 107 Å². The molecule has 0 saturated carbocycles. The van der Waals surface area contributed by atoms with Crippen molar-refractivity contribution in [3.8, 4) is 0 Å². The number of likely N-dealkylation sites (N-methyl/N-ethyl adjacent to an activating group) is 1. The van der Waals surface area contributed by atoms with Crippen molar-refractivity contribution in [2.45, 2.75) is 18.9 Å². The summed E-state index contributed by atoms with van der Waals surface area (Å²) in [4.78, 5) is 36.0.